The molecule has 7 heteroatoms. The number of hydrogen-bond donors (Lipinski definition) is 2. The average molecular weight is 465 g/mol. The third-order valence-corrected chi connectivity index (χ3v) is 5.64. The summed E-state index contributed by atoms with van der Waals surface area (Å²) >= 11 is 0. The van der Waals surface area contributed by atoms with Crippen LogP contribution in [0.25, 0.3) is 11.1 Å². The van der Waals surface area contributed by atoms with Crippen molar-refractivity contribution in [3.05, 3.63) is 72.3 Å². The van der Waals surface area contributed by atoms with Crippen molar-refractivity contribution < 1.29 is 24.2 Å². The lowest BCUT2D eigenvalue weighted by Crippen LogP contribution is -2.51. The van der Waals surface area contributed by atoms with Crippen molar-refractivity contribution in [1.29, 1.82) is 0 Å². The predicted octanol–water partition coefficient (Wildman–Crippen LogP) is 4.43. The summed E-state index contributed by atoms with van der Waals surface area (Å²) in [6, 6.07) is 15.1. The summed E-state index contributed by atoms with van der Waals surface area (Å²) in [6.45, 7) is 9.31. The van der Waals surface area contributed by atoms with E-state index in [1.54, 1.807) is 0 Å². The summed E-state index contributed by atoms with van der Waals surface area (Å²) in [5.74, 6) is -1.70. The first-order valence-corrected chi connectivity index (χ1v) is 11.3. The first kappa shape index (κ1) is 25.0. The number of alkyl carbamates (subject to hydrolysis) is 1. The van der Waals surface area contributed by atoms with Gasteiger partial charge in [-0.2, -0.15) is 0 Å². The molecular weight excluding hydrogens is 432 g/mol. The minimum absolute atomic E-state index is 0.101. The van der Waals surface area contributed by atoms with E-state index in [1.165, 1.54) is 11.0 Å². The van der Waals surface area contributed by atoms with Crippen LogP contribution in [0.2, 0.25) is 0 Å². The zero-order valence-corrected chi connectivity index (χ0v) is 19.9. The van der Waals surface area contributed by atoms with Gasteiger partial charge in [-0.15, -0.1) is 6.58 Å². The summed E-state index contributed by atoms with van der Waals surface area (Å²) in [7, 11) is 0. The summed E-state index contributed by atoms with van der Waals surface area (Å²) in [4.78, 5) is 38.4. The van der Waals surface area contributed by atoms with Gasteiger partial charge in [0.2, 0.25) is 5.91 Å². The number of aliphatic carboxylic acids is 1. The zero-order valence-electron chi connectivity index (χ0n) is 19.9. The number of carboxylic acids is 1. The van der Waals surface area contributed by atoms with Gasteiger partial charge in [0.25, 0.3) is 0 Å². The number of amides is 2. The number of ether oxygens (including phenoxy) is 1. The van der Waals surface area contributed by atoms with Crippen LogP contribution in [-0.4, -0.2) is 53.7 Å². The van der Waals surface area contributed by atoms with Gasteiger partial charge in [0.15, 0.2) is 0 Å². The third kappa shape index (κ3) is 6.04. The second kappa shape index (κ2) is 10.5. The van der Waals surface area contributed by atoms with Gasteiger partial charge in [-0.3, -0.25) is 9.59 Å². The van der Waals surface area contributed by atoms with Crippen LogP contribution in [-0.2, 0) is 14.3 Å². The highest BCUT2D eigenvalue weighted by atomic mass is 16.5. The molecule has 0 aromatic heterocycles. The van der Waals surface area contributed by atoms with Crippen LogP contribution in [0.5, 0.6) is 0 Å². The van der Waals surface area contributed by atoms with Crippen LogP contribution in [0.4, 0.5) is 4.79 Å². The lowest BCUT2D eigenvalue weighted by molar-refractivity contribution is -0.146. The van der Waals surface area contributed by atoms with E-state index in [1.807, 2.05) is 57.2 Å². The summed E-state index contributed by atoms with van der Waals surface area (Å²) in [5, 5.41) is 11.9. The first-order chi connectivity index (χ1) is 16.1. The number of rotatable bonds is 9. The van der Waals surface area contributed by atoms with Crippen molar-refractivity contribution in [1.82, 2.24) is 10.2 Å². The number of carboxylic acid groups (broad SMARTS) is 1. The zero-order chi connectivity index (χ0) is 24.9. The van der Waals surface area contributed by atoms with E-state index in [4.69, 9.17) is 4.74 Å². The van der Waals surface area contributed by atoms with Crippen LogP contribution in [0.1, 0.15) is 44.2 Å². The summed E-state index contributed by atoms with van der Waals surface area (Å²) < 4.78 is 5.56. The van der Waals surface area contributed by atoms with Gasteiger partial charge < -0.3 is 20.1 Å². The molecule has 0 aliphatic heterocycles. The van der Waals surface area contributed by atoms with E-state index in [2.05, 4.69) is 24.0 Å². The van der Waals surface area contributed by atoms with Gasteiger partial charge in [-0.25, -0.2) is 4.79 Å². The number of fused-ring (bicyclic) bond motifs is 3. The maximum atomic E-state index is 13.1. The highest BCUT2D eigenvalue weighted by Crippen LogP contribution is 2.44. The Morgan fingerprint density at radius 3 is 2.15 bits per heavy atom. The molecule has 2 aromatic carbocycles. The number of nitrogens with zero attached hydrogens (tertiary/aromatic N) is 1. The van der Waals surface area contributed by atoms with Crippen LogP contribution < -0.4 is 5.32 Å². The molecule has 1 unspecified atom stereocenters. The molecule has 180 valence electrons. The Labute approximate surface area is 200 Å². The van der Waals surface area contributed by atoms with E-state index >= 15 is 0 Å². The fraction of sp³-hybridized carbons (Fsp3) is 0.370. The molecule has 1 aliphatic rings. The highest BCUT2D eigenvalue weighted by Gasteiger charge is 2.32. The van der Waals surface area contributed by atoms with Crippen molar-refractivity contribution in [3.63, 3.8) is 0 Å². The minimum atomic E-state index is -1.11. The molecule has 1 aliphatic carbocycles. The van der Waals surface area contributed by atoms with E-state index in [0.717, 1.165) is 22.3 Å². The molecular formula is C27H32N2O5. The highest BCUT2D eigenvalue weighted by molar-refractivity contribution is 5.88. The number of nitrogens with one attached hydrogen (secondary N) is 1. The maximum absolute atomic E-state index is 13.1. The van der Waals surface area contributed by atoms with Crippen molar-refractivity contribution in [2.24, 2.45) is 5.41 Å². The number of benzene rings is 2. The molecule has 2 N–H and O–H groups in total. The molecule has 2 aromatic rings. The second-order valence-corrected chi connectivity index (χ2v) is 9.70. The minimum Gasteiger partial charge on any atom is -0.480 e. The van der Waals surface area contributed by atoms with Crippen molar-refractivity contribution in [2.45, 2.75) is 39.2 Å². The molecule has 0 saturated heterocycles. The molecule has 0 spiro atoms. The Balaban J connectivity index is 1.70. The van der Waals surface area contributed by atoms with E-state index in [9.17, 15) is 19.5 Å². The van der Waals surface area contributed by atoms with Crippen molar-refractivity contribution in [2.75, 3.05) is 19.7 Å². The molecule has 3 rings (SSSR count). The summed E-state index contributed by atoms with van der Waals surface area (Å²) in [6.07, 6.45) is 0.944. The lowest BCUT2D eigenvalue weighted by atomic mass is 9.95. The monoisotopic (exact) mass is 464 g/mol. The lowest BCUT2D eigenvalue weighted by Gasteiger charge is -2.31. The van der Waals surface area contributed by atoms with Crippen LogP contribution in [0, 0.1) is 5.41 Å². The maximum Gasteiger partial charge on any atom is 0.407 e. The average Bonchev–Trinajstić information content (AvgIpc) is 3.09. The van der Waals surface area contributed by atoms with Gasteiger partial charge >= 0.3 is 12.1 Å². The fourth-order valence-electron chi connectivity index (χ4n) is 4.34. The Bertz CT molecular complexity index is 1030. The molecule has 0 bridgehead atoms. The number of carbonyl (C=O) groups excluding carboxylic acids is 2. The Hall–Kier alpha value is -3.61. The van der Waals surface area contributed by atoms with Crippen LogP contribution >= 0.6 is 0 Å². The topological polar surface area (TPSA) is 95.9 Å². The Kier molecular flexibility index (Phi) is 7.76. The number of carbonyl (C=O) groups is 3. The standard InChI is InChI=1S/C27H32N2O5/c1-5-10-23(25(32)29(15-24(30)31)17-27(2,3)4)28-26(33)34-16-22-20-13-8-6-11-18(20)19-12-7-9-14-21(19)22/h5-9,11-14,22-23H,1,10,15-17H2,2-4H3,(H,28,33)(H,30,31). The predicted molar refractivity (Wildman–Crippen MR) is 130 cm³/mol. The first-order valence-electron chi connectivity index (χ1n) is 11.3. The van der Waals surface area contributed by atoms with Crippen molar-refractivity contribution >= 4 is 18.0 Å². The van der Waals surface area contributed by atoms with Crippen LogP contribution in [0.3, 0.4) is 0 Å². The molecule has 0 heterocycles. The van der Waals surface area contributed by atoms with Gasteiger partial charge in [0.1, 0.15) is 19.2 Å². The Morgan fingerprint density at radius 2 is 1.65 bits per heavy atom. The van der Waals surface area contributed by atoms with Crippen molar-refractivity contribution in [3.8, 4) is 11.1 Å². The van der Waals surface area contributed by atoms with Crippen LogP contribution in [0.15, 0.2) is 61.2 Å². The SMILES string of the molecule is C=CCC(NC(=O)OCC1c2ccccc2-c2ccccc21)C(=O)N(CC(=O)O)CC(C)(C)C. The van der Waals surface area contributed by atoms with Gasteiger partial charge in [0, 0.05) is 12.5 Å². The largest absolute Gasteiger partial charge is 0.480 e. The van der Waals surface area contributed by atoms with Gasteiger partial charge in [-0.1, -0.05) is 75.4 Å². The third-order valence-electron chi connectivity index (χ3n) is 5.64. The molecule has 0 radical (unpaired) electrons. The van der Waals surface area contributed by atoms with E-state index < -0.39 is 30.6 Å². The van der Waals surface area contributed by atoms with E-state index in [-0.39, 0.29) is 30.9 Å². The molecule has 0 saturated carbocycles. The second-order valence-electron chi connectivity index (χ2n) is 9.70. The quantitative estimate of drug-likeness (QED) is 0.535. The number of hydrogen-bond acceptors (Lipinski definition) is 4. The molecule has 0 fully saturated rings. The summed E-state index contributed by atoms with van der Waals surface area (Å²) in [5.41, 5.74) is 4.12. The molecule has 2 amide bonds. The van der Waals surface area contributed by atoms with Gasteiger partial charge in [-0.05, 0) is 34.1 Å². The fourth-order valence-corrected chi connectivity index (χ4v) is 4.34. The molecule has 1 atom stereocenters. The smallest absolute Gasteiger partial charge is 0.407 e. The molecule has 7 nitrogen and oxygen atoms in total. The molecule has 34 heavy (non-hydrogen) atoms. The van der Waals surface area contributed by atoms with E-state index in [0.29, 0.717) is 0 Å². The normalized spacial score (nSPS) is 13.4. The van der Waals surface area contributed by atoms with Gasteiger partial charge in [0.05, 0.1) is 0 Å². The Morgan fingerprint density at radius 1 is 1.09 bits per heavy atom.